The molecule has 0 radical (unpaired) electrons. The Hall–Kier alpha value is -3.45. The molecule has 2 saturated carbocycles. The molecule has 5 rings (SSSR count). The van der Waals surface area contributed by atoms with Crippen LogP contribution in [0.1, 0.15) is 60.1 Å². The summed E-state index contributed by atoms with van der Waals surface area (Å²) in [6.45, 7) is 4.99. The molecule has 1 heterocycles. The number of carbonyl (C=O) groups is 1. The molecule has 0 aliphatic heterocycles. The van der Waals surface area contributed by atoms with Crippen molar-refractivity contribution < 1.29 is 4.79 Å². The van der Waals surface area contributed by atoms with E-state index in [-0.39, 0.29) is 29.5 Å². The highest BCUT2D eigenvalue weighted by molar-refractivity contribution is 5.95. The van der Waals surface area contributed by atoms with E-state index in [1.165, 1.54) is 12.8 Å². The third-order valence-electron chi connectivity index (χ3n) is 6.81. The van der Waals surface area contributed by atoms with Crippen molar-refractivity contribution >= 4 is 11.7 Å². The topological polar surface area (TPSA) is 88.1 Å². The first kappa shape index (κ1) is 23.3. The Morgan fingerprint density at radius 3 is 2.54 bits per heavy atom. The minimum atomic E-state index is -0.237. The summed E-state index contributed by atoms with van der Waals surface area (Å²) in [6, 6.07) is 16.5. The first-order chi connectivity index (χ1) is 17.0. The highest BCUT2D eigenvalue weighted by Gasteiger charge is 2.26. The molecule has 2 aliphatic carbocycles. The predicted octanol–water partition coefficient (Wildman–Crippen LogP) is 3.97. The lowest BCUT2D eigenvalue weighted by Crippen LogP contribution is -2.33. The van der Waals surface area contributed by atoms with Gasteiger partial charge in [-0.1, -0.05) is 43.3 Å². The molecule has 3 N–H and O–H groups in total. The van der Waals surface area contributed by atoms with Crippen LogP contribution in [0.3, 0.4) is 0 Å². The van der Waals surface area contributed by atoms with E-state index in [2.05, 4.69) is 40.0 Å². The Morgan fingerprint density at radius 1 is 1.09 bits per heavy atom. The summed E-state index contributed by atoms with van der Waals surface area (Å²) < 4.78 is 1.58. The largest absolute Gasteiger partial charge is 0.358 e. The number of hydrogen-bond acceptors (Lipinski definition) is 5. The molecule has 2 aliphatic rings. The fraction of sp³-hybridized carbons (Fsp3) is 0.393. The summed E-state index contributed by atoms with van der Waals surface area (Å²) in [6.07, 6.45) is 7.82. The van der Waals surface area contributed by atoms with Gasteiger partial charge in [0.05, 0.1) is 11.7 Å². The third kappa shape index (κ3) is 5.62. The molecule has 7 nitrogen and oxygen atoms in total. The fourth-order valence-corrected chi connectivity index (χ4v) is 4.33. The summed E-state index contributed by atoms with van der Waals surface area (Å²) in [5.41, 5.74) is 3.03. The molecule has 35 heavy (non-hydrogen) atoms. The zero-order valence-corrected chi connectivity index (χ0v) is 20.3. The van der Waals surface area contributed by atoms with Gasteiger partial charge in [-0.3, -0.25) is 14.2 Å². The van der Waals surface area contributed by atoms with Crippen molar-refractivity contribution in [3.63, 3.8) is 0 Å². The van der Waals surface area contributed by atoms with Crippen LogP contribution in [-0.2, 0) is 0 Å². The van der Waals surface area contributed by atoms with E-state index in [0.717, 1.165) is 30.5 Å². The van der Waals surface area contributed by atoms with Gasteiger partial charge in [0.2, 0.25) is 0 Å². The van der Waals surface area contributed by atoms with Crippen molar-refractivity contribution in [2.24, 2.45) is 5.92 Å². The van der Waals surface area contributed by atoms with E-state index in [1.54, 1.807) is 23.0 Å². The number of aryl methyl sites for hydroxylation is 1. The molecule has 7 heteroatoms. The number of rotatable bonds is 10. The minimum Gasteiger partial charge on any atom is -0.358 e. The van der Waals surface area contributed by atoms with Crippen LogP contribution in [0, 0.1) is 12.8 Å². The number of nitrogens with one attached hydrogen (secondary N) is 3. The van der Waals surface area contributed by atoms with Crippen molar-refractivity contribution in [1.29, 1.82) is 0 Å². The number of aromatic nitrogens is 2. The maximum atomic E-state index is 13.6. The molecule has 0 bridgehead atoms. The summed E-state index contributed by atoms with van der Waals surface area (Å²) in [7, 11) is 0. The minimum absolute atomic E-state index is 0.0738. The molecule has 1 amide bonds. The monoisotopic (exact) mass is 471 g/mol. The Bertz CT molecular complexity index is 1250. The molecular formula is C28H33N5O2. The Kier molecular flexibility index (Phi) is 6.68. The van der Waals surface area contributed by atoms with Gasteiger partial charge in [-0.15, -0.1) is 0 Å². The highest BCUT2D eigenvalue weighted by Crippen LogP contribution is 2.27. The number of benzene rings is 2. The summed E-state index contributed by atoms with van der Waals surface area (Å²) in [5, 5.41) is 10.1. The molecule has 2 fully saturated rings. The molecule has 1 aromatic heterocycles. The lowest BCUT2D eigenvalue weighted by molar-refractivity contribution is 0.0951. The Labute approximate surface area is 206 Å². The molecule has 2 aromatic carbocycles. The molecule has 0 spiro atoms. The fourth-order valence-electron chi connectivity index (χ4n) is 4.33. The van der Waals surface area contributed by atoms with E-state index in [9.17, 15) is 9.59 Å². The summed E-state index contributed by atoms with van der Waals surface area (Å²) >= 11 is 0. The van der Waals surface area contributed by atoms with E-state index >= 15 is 0 Å². The standard InChI is InChI=1S/C28H33N5O2/c1-18-8-9-21(27(34)31-23-12-13-23)16-24(18)33-15-14-29-26(28(33)35)32-25(20-6-4-3-5-7-20)19(2)17-30-22-10-11-22/h3-9,14-16,19,22-23,25,30H,10-13,17H2,1-2H3,(H,29,32)(H,31,34)/t19-,25+/m0/s1. The molecule has 3 aromatic rings. The molecule has 0 unspecified atom stereocenters. The number of anilines is 1. The van der Waals surface area contributed by atoms with E-state index in [0.29, 0.717) is 23.1 Å². The zero-order valence-electron chi connectivity index (χ0n) is 20.3. The third-order valence-corrected chi connectivity index (χ3v) is 6.81. The van der Waals surface area contributed by atoms with E-state index in [1.807, 2.05) is 37.3 Å². The number of hydrogen-bond donors (Lipinski definition) is 3. The Balaban J connectivity index is 1.43. The van der Waals surface area contributed by atoms with E-state index < -0.39 is 0 Å². The van der Waals surface area contributed by atoms with Crippen molar-refractivity contribution in [3.8, 4) is 5.69 Å². The van der Waals surface area contributed by atoms with Crippen LogP contribution >= 0.6 is 0 Å². The van der Waals surface area contributed by atoms with Crippen LogP contribution in [0.5, 0.6) is 0 Å². The van der Waals surface area contributed by atoms with Gasteiger partial charge < -0.3 is 16.0 Å². The molecule has 2 atom stereocenters. The van der Waals surface area contributed by atoms with Crippen molar-refractivity contribution in [2.75, 3.05) is 11.9 Å². The van der Waals surface area contributed by atoms with Gasteiger partial charge in [0, 0.05) is 36.6 Å². The molecular weight excluding hydrogens is 438 g/mol. The summed E-state index contributed by atoms with van der Waals surface area (Å²) in [4.78, 5) is 30.6. The second kappa shape index (κ2) is 10.0. The number of carbonyl (C=O) groups excluding carboxylic acids is 1. The van der Waals surface area contributed by atoms with Gasteiger partial charge in [0.15, 0.2) is 5.82 Å². The average Bonchev–Trinajstić information content (AvgIpc) is 3.79. The lowest BCUT2D eigenvalue weighted by Gasteiger charge is -2.26. The van der Waals surface area contributed by atoms with Crippen LogP contribution in [0.15, 0.2) is 65.7 Å². The Morgan fingerprint density at radius 2 is 1.83 bits per heavy atom. The normalized spacial score (nSPS) is 17.0. The molecule has 0 saturated heterocycles. The van der Waals surface area contributed by atoms with Crippen LogP contribution < -0.4 is 21.5 Å². The summed E-state index contributed by atoms with van der Waals surface area (Å²) in [5.74, 6) is 0.436. The maximum Gasteiger partial charge on any atom is 0.297 e. The SMILES string of the molecule is Cc1ccc(C(=O)NC2CC2)cc1-n1ccnc(N[C@@H](c2ccccc2)[C@@H](C)CNC2CC2)c1=O. The lowest BCUT2D eigenvalue weighted by atomic mass is 9.94. The number of nitrogens with zero attached hydrogens (tertiary/aromatic N) is 2. The number of amides is 1. The van der Waals surface area contributed by atoms with Gasteiger partial charge in [-0.25, -0.2) is 4.98 Å². The molecule has 182 valence electrons. The van der Waals surface area contributed by atoms with Gasteiger partial charge >= 0.3 is 0 Å². The maximum absolute atomic E-state index is 13.6. The predicted molar refractivity (Wildman–Crippen MR) is 138 cm³/mol. The average molecular weight is 472 g/mol. The highest BCUT2D eigenvalue weighted by atomic mass is 16.2. The van der Waals surface area contributed by atoms with Gasteiger partial charge in [0.25, 0.3) is 11.5 Å². The van der Waals surface area contributed by atoms with Crippen molar-refractivity contribution in [2.45, 2.75) is 57.7 Å². The van der Waals surface area contributed by atoms with Crippen molar-refractivity contribution in [1.82, 2.24) is 20.2 Å². The van der Waals surface area contributed by atoms with Crippen molar-refractivity contribution in [3.05, 3.63) is 88.0 Å². The smallest absolute Gasteiger partial charge is 0.297 e. The second-order valence-corrected chi connectivity index (χ2v) is 9.89. The van der Waals surface area contributed by atoms with Crippen LogP contribution in [0.2, 0.25) is 0 Å². The quantitative estimate of drug-likeness (QED) is 0.416. The first-order valence-corrected chi connectivity index (χ1v) is 12.5. The van der Waals surface area contributed by atoms with Gasteiger partial charge in [-0.05, 0) is 61.8 Å². The first-order valence-electron chi connectivity index (χ1n) is 12.5. The second-order valence-electron chi connectivity index (χ2n) is 9.89. The van der Waals surface area contributed by atoms with Crippen LogP contribution in [0.25, 0.3) is 5.69 Å². The zero-order chi connectivity index (χ0) is 24.4. The van der Waals surface area contributed by atoms with E-state index in [4.69, 9.17) is 0 Å². The van der Waals surface area contributed by atoms with Gasteiger partial charge in [-0.2, -0.15) is 0 Å². The van der Waals surface area contributed by atoms with Crippen LogP contribution in [-0.4, -0.2) is 34.1 Å². The van der Waals surface area contributed by atoms with Gasteiger partial charge in [0.1, 0.15) is 0 Å². The van der Waals surface area contributed by atoms with Crippen LogP contribution in [0.4, 0.5) is 5.82 Å².